The SMILES string of the molecule is CC(C)(C)OC(=O)NCCCCCOc1cc2nc(c1)CN(S(=O)(=O)c1ccccc1[N+](=O)[O-])CCN(S(=O)(=O)c1ccccc1[N+](=O)[O-])CCCN(S(=O)(=O)c1ccccc1[N+](=O)[O-])C2. The van der Waals surface area contributed by atoms with Crippen molar-refractivity contribution in [3.05, 3.63) is 127 Å². The van der Waals surface area contributed by atoms with Crippen molar-refractivity contribution in [2.75, 3.05) is 39.3 Å². The molecule has 0 saturated carbocycles. The van der Waals surface area contributed by atoms with Gasteiger partial charge in [-0.3, -0.25) is 35.3 Å². The molecule has 66 heavy (non-hydrogen) atoms. The lowest BCUT2D eigenvalue weighted by Crippen LogP contribution is -2.42. The first-order valence-corrected chi connectivity index (χ1v) is 24.6. The van der Waals surface area contributed by atoms with Crippen LogP contribution >= 0.6 is 0 Å². The number of alkyl carbamates (subject to hydrolysis) is 1. The fourth-order valence-electron chi connectivity index (χ4n) is 6.79. The number of nitrogens with one attached hydrogen (secondary N) is 1. The van der Waals surface area contributed by atoms with Crippen molar-refractivity contribution >= 4 is 53.2 Å². The van der Waals surface area contributed by atoms with E-state index in [0.29, 0.717) is 25.8 Å². The lowest BCUT2D eigenvalue weighted by Gasteiger charge is -2.27. The predicted octanol–water partition coefficient (Wildman–Crippen LogP) is 5.36. The normalized spacial score (nSPS) is 15.1. The third-order valence-electron chi connectivity index (χ3n) is 9.79. The van der Waals surface area contributed by atoms with E-state index in [9.17, 15) is 60.4 Å². The molecule has 5 rings (SSSR count). The number of fused-ring (bicyclic) bond motifs is 2. The summed E-state index contributed by atoms with van der Waals surface area (Å²) in [4.78, 5) is 47.9. The number of hydrogen-bond acceptors (Lipinski definition) is 16. The third kappa shape index (κ3) is 12.8. The van der Waals surface area contributed by atoms with Crippen LogP contribution < -0.4 is 10.1 Å². The van der Waals surface area contributed by atoms with Gasteiger partial charge in [0.15, 0.2) is 14.7 Å². The van der Waals surface area contributed by atoms with Crippen molar-refractivity contribution in [1.82, 2.24) is 23.2 Å². The minimum Gasteiger partial charge on any atom is -0.493 e. The Balaban J connectivity index is 1.59. The summed E-state index contributed by atoms with van der Waals surface area (Å²) in [5.74, 6) is 0.100. The summed E-state index contributed by atoms with van der Waals surface area (Å²) in [6, 6.07) is 16.3. The molecule has 0 unspecified atom stereocenters. The number of hydrogen-bond donors (Lipinski definition) is 1. The van der Waals surface area contributed by atoms with Gasteiger partial charge in [-0.25, -0.2) is 30.0 Å². The van der Waals surface area contributed by atoms with E-state index in [1.807, 2.05) is 0 Å². The van der Waals surface area contributed by atoms with E-state index in [1.165, 1.54) is 48.5 Å². The summed E-state index contributed by atoms with van der Waals surface area (Å²) in [5, 5.41) is 38.8. The van der Waals surface area contributed by atoms with Gasteiger partial charge in [0.25, 0.3) is 17.1 Å². The van der Waals surface area contributed by atoms with Gasteiger partial charge in [0.2, 0.25) is 30.1 Å². The molecule has 0 radical (unpaired) electrons. The number of benzene rings is 3. The molecule has 0 atom stereocenters. The number of carbonyl (C=O) groups excluding carboxylic acids is 1. The number of nitro benzene ring substituents is 3. The van der Waals surface area contributed by atoms with Crippen molar-refractivity contribution in [3.63, 3.8) is 0 Å². The average molecular weight is 977 g/mol. The molecule has 2 bridgehead atoms. The van der Waals surface area contributed by atoms with Gasteiger partial charge in [0.1, 0.15) is 11.4 Å². The first kappa shape index (κ1) is 50.8. The first-order valence-electron chi connectivity index (χ1n) is 20.3. The fourth-order valence-corrected chi connectivity index (χ4v) is 11.6. The molecule has 1 aliphatic rings. The minimum atomic E-state index is -4.89. The highest BCUT2D eigenvalue weighted by molar-refractivity contribution is 7.90. The van der Waals surface area contributed by atoms with Gasteiger partial charge in [-0.1, -0.05) is 36.4 Å². The number of para-hydroxylation sites is 3. The number of nitro groups is 3. The van der Waals surface area contributed by atoms with E-state index in [-0.39, 0.29) is 30.2 Å². The molecule has 0 saturated heterocycles. The number of carbonyl (C=O) groups is 1. The van der Waals surface area contributed by atoms with Gasteiger partial charge >= 0.3 is 6.09 Å². The Bertz CT molecular complexity index is 2790. The van der Waals surface area contributed by atoms with Crippen LogP contribution in [-0.4, -0.2) is 109 Å². The maximum atomic E-state index is 14.5. The summed E-state index contributed by atoms with van der Waals surface area (Å²) in [6.45, 7) is 1.90. The highest BCUT2D eigenvalue weighted by Gasteiger charge is 2.37. The second-order valence-corrected chi connectivity index (χ2v) is 21.5. The molecule has 356 valence electrons. The summed E-state index contributed by atoms with van der Waals surface area (Å²) >= 11 is 0. The van der Waals surface area contributed by atoms with Crippen molar-refractivity contribution in [1.29, 1.82) is 0 Å². The molecule has 4 aromatic rings. The number of rotatable bonds is 16. The van der Waals surface area contributed by atoms with Crippen molar-refractivity contribution in [2.45, 2.75) is 79.8 Å². The Hall–Kier alpha value is -6.19. The number of aromatic nitrogens is 1. The summed E-state index contributed by atoms with van der Waals surface area (Å²) in [7, 11) is -14.5. The number of pyridine rings is 1. The highest BCUT2D eigenvalue weighted by atomic mass is 32.2. The number of unbranched alkanes of at least 4 members (excludes halogenated alkanes) is 2. The molecular weight excluding hydrogens is 929 g/mol. The Morgan fingerprint density at radius 3 is 1.50 bits per heavy atom. The van der Waals surface area contributed by atoms with Crippen LogP contribution in [-0.2, 0) is 47.9 Å². The number of ether oxygens (including phenoxy) is 2. The van der Waals surface area contributed by atoms with Crippen LogP contribution in [0.1, 0.15) is 57.8 Å². The second kappa shape index (κ2) is 21.4. The highest BCUT2D eigenvalue weighted by Crippen LogP contribution is 2.32. The monoisotopic (exact) mass is 976 g/mol. The van der Waals surface area contributed by atoms with Gasteiger partial charge < -0.3 is 14.8 Å². The van der Waals surface area contributed by atoms with Crippen LogP contribution in [0.5, 0.6) is 5.75 Å². The van der Waals surface area contributed by atoms with Crippen molar-refractivity contribution < 1.29 is 54.3 Å². The fraction of sp³-hybridized carbons (Fsp3) is 0.400. The number of sulfonamides is 3. The maximum Gasteiger partial charge on any atom is 0.407 e. The molecule has 0 spiro atoms. The van der Waals surface area contributed by atoms with E-state index in [4.69, 9.17) is 9.47 Å². The number of nitrogens with zero attached hydrogens (tertiary/aromatic N) is 7. The van der Waals surface area contributed by atoms with E-state index >= 15 is 0 Å². The summed E-state index contributed by atoms with van der Waals surface area (Å²) < 4.78 is 100. The Labute approximate surface area is 380 Å². The van der Waals surface area contributed by atoms with E-state index in [0.717, 1.165) is 49.3 Å². The molecular formula is C40H48N8O15S3. The van der Waals surface area contributed by atoms with Crippen LogP contribution in [0.4, 0.5) is 21.9 Å². The Morgan fingerprint density at radius 2 is 1.05 bits per heavy atom. The van der Waals surface area contributed by atoms with Crippen molar-refractivity contribution in [3.8, 4) is 5.75 Å². The summed E-state index contributed by atoms with van der Waals surface area (Å²) in [6.07, 6.45) is 0.689. The molecule has 0 fully saturated rings. The van der Waals surface area contributed by atoms with Gasteiger partial charge in [0, 0.05) is 63.1 Å². The van der Waals surface area contributed by atoms with Gasteiger partial charge in [0.05, 0.1) is 45.9 Å². The van der Waals surface area contributed by atoms with E-state index in [1.54, 1.807) is 20.8 Å². The van der Waals surface area contributed by atoms with Gasteiger partial charge in [-0.05, 0) is 64.7 Å². The standard InChI is InChI=1S/C40H48N8O15S3/c1-40(2,3)63-39(49)41-20-11-4-12-25-62-32-26-30-28-44(65(58,59)37-18-9-6-15-34(37)47(52)53)22-13-21-43(64(56,57)36-17-8-5-14-33(36)46(50)51)23-24-45(29-31(27-32)42-30)66(60,61)38-19-10-7-16-35(38)48(54)55/h5-10,14-19,26-27H,4,11-13,20-25,28-29H2,1-3H3,(H,41,49). The minimum absolute atomic E-state index is 0.0158. The molecule has 0 aliphatic carbocycles. The van der Waals surface area contributed by atoms with Crippen LogP contribution in [0.2, 0.25) is 0 Å². The lowest BCUT2D eigenvalue weighted by atomic mass is 10.2. The van der Waals surface area contributed by atoms with E-state index in [2.05, 4.69) is 10.3 Å². The molecule has 2 heterocycles. The van der Waals surface area contributed by atoms with Crippen molar-refractivity contribution in [2.24, 2.45) is 0 Å². The third-order valence-corrected chi connectivity index (χ3v) is 15.5. The van der Waals surface area contributed by atoms with E-state index < -0.39 is 128 Å². The lowest BCUT2D eigenvalue weighted by molar-refractivity contribution is -0.388. The quantitative estimate of drug-likeness (QED) is 0.0839. The predicted molar refractivity (Wildman–Crippen MR) is 236 cm³/mol. The maximum absolute atomic E-state index is 14.5. The largest absolute Gasteiger partial charge is 0.493 e. The molecule has 26 heteroatoms. The topological polar surface area (TPSA) is 302 Å². The van der Waals surface area contributed by atoms with Gasteiger partial charge in [-0.2, -0.15) is 12.9 Å². The van der Waals surface area contributed by atoms with Crippen LogP contribution in [0.15, 0.2) is 99.6 Å². The molecule has 23 nitrogen and oxygen atoms in total. The molecule has 1 aliphatic heterocycles. The zero-order valence-corrected chi connectivity index (χ0v) is 38.5. The van der Waals surface area contributed by atoms with Crippen LogP contribution in [0, 0.1) is 30.3 Å². The zero-order chi connectivity index (χ0) is 48.5. The Kier molecular flexibility index (Phi) is 16.5. The zero-order valence-electron chi connectivity index (χ0n) is 36.0. The molecule has 1 amide bonds. The van der Waals surface area contributed by atoms with Gasteiger partial charge in [-0.15, -0.1) is 0 Å². The second-order valence-electron chi connectivity index (χ2n) is 15.7. The summed E-state index contributed by atoms with van der Waals surface area (Å²) in [5.41, 5.74) is -3.08. The molecule has 1 N–H and O–H groups in total. The molecule has 3 aromatic carbocycles. The van der Waals surface area contributed by atoms with Crippen LogP contribution in [0.3, 0.4) is 0 Å². The molecule has 1 aromatic heterocycles. The van der Waals surface area contributed by atoms with Crippen LogP contribution in [0.25, 0.3) is 0 Å². The smallest absolute Gasteiger partial charge is 0.407 e. The number of amides is 1. The average Bonchev–Trinajstić information content (AvgIpc) is 3.26. The first-order chi connectivity index (χ1) is 31.0. The Morgan fingerprint density at radius 1 is 0.636 bits per heavy atom.